The quantitative estimate of drug-likeness (QED) is 0.140. The Labute approximate surface area is 604 Å². The first-order valence-corrected chi connectivity index (χ1v) is 35.4. The van der Waals surface area contributed by atoms with Crippen molar-refractivity contribution in [2.24, 2.45) is 0 Å². The molecule has 106 heavy (non-hydrogen) atoms. The fourth-order valence-corrected chi connectivity index (χ4v) is 16.4. The zero-order chi connectivity index (χ0) is 70.1. The molecule has 0 fully saturated rings. The largest absolute Gasteiger partial charge is 0.309 e. The van der Waals surface area contributed by atoms with Gasteiger partial charge in [-0.25, -0.2) is 15.0 Å². The highest BCUT2D eigenvalue weighted by Gasteiger charge is 2.23. The lowest BCUT2D eigenvalue weighted by Gasteiger charge is -2.14. The second kappa shape index (κ2) is 24.0. The van der Waals surface area contributed by atoms with Crippen LogP contribution in [0.2, 0.25) is 0 Å². The molecule has 14 aromatic carbocycles. The van der Waals surface area contributed by atoms with Crippen molar-refractivity contribution in [3.8, 4) is 57.0 Å². The van der Waals surface area contributed by atoms with Crippen LogP contribution in [0.25, 0.3) is 188 Å². The molecule has 0 unspecified atom stereocenters. The van der Waals surface area contributed by atoms with E-state index in [-0.39, 0.29) is 11.1 Å². The van der Waals surface area contributed by atoms with E-state index in [2.05, 4.69) is 249 Å². The highest BCUT2D eigenvalue weighted by molar-refractivity contribution is 6.15. The van der Waals surface area contributed by atoms with Gasteiger partial charge in [0.2, 0.25) is 11.9 Å². The number of nitrogens with zero attached hydrogens (tertiary/aromatic N) is 10. The number of rotatable bonds is 8. The summed E-state index contributed by atoms with van der Waals surface area (Å²) in [5.41, 5.74) is 17.6. The minimum absolute atomic E-state index is 0.0946. The first kappa shape index (κ1) is 60.2. The van der Waals surface area contributed by atoms with E-state index < -0.39 is 0 Å². The van der Waals surface area contributed by atoms with Gasteiger partial charge in [-0.05, 0) is 154 Å². The molecule has 8 aromatic heterocycles. The van der Waals surface area contributed by atoms with Crippen molar-refractivity contribution in [2.75, 3.05) is 0 Å². The normalized spacial score (nSPS) is 11.8. The van der Waals surface area contributed by atoms with Gasteiger partial charge in [-0.1, -0.05) is 206 Å². The SMILES string of the molecule is O=c1c2ccccc2c2ccccc2n1-c1ccnc(-n2c3ccccc3c3cc(-c4ccc5c(c4)c4ccccc4n5-c4ccccc4)ccc32)n1.O=c1c2ccccc2c2ccccc2n1-c1cnc(-n2c3ccccc3c3cc(-c4ccc5c(c4)c4ccccc4n5-c4ccccc4)ccc32)nc1. The minimum atomic E-state index is -0.111. The summed E-state index contributed by atoms with van der Waals surface area (Å²) < 4.78 is 12.3. The number of para-hydroxylation sites is 8. The summed E-state index contributed by atoms with van der Waals surface area (Å²) in [5.74, 6) is 1.56. The maximum Gasteiger partial charge on any atom is 0.264 e. The van der Waals surface area contributed by atoms with Crippen molar-refractivity contribution in [2.45, 2.75) is 0 Å². The van der Waals surface area contributed by atoms with Crippen molar-refractivity contribution in [3.05, 3.63) is 373 Å². The van der Waals surface area contributed by atoms with Crippen LogP contribution >= 0.6 is 0 Å². The molecule has 0 spiro atoms. The molecule has 0 aliphatic rings. The molecule has 496 valence electrons. The van der Waals surface area contributed by atoms with Crippen LogP contribution in [0.1, 0.15) is 0 Å². The van der Waals surface area contributed by atoms with E-state index in [1.165, 1.54) is 43.6 Å². The Morgan fingerprint density at radius 1 is 0.198 bits per heavy atom. The highest BCUT2D eigenvalue weighted by atomic mass is 16.1. The summed E-state index contributed by atoms with van der Waals surface area (Å²) in [6, 6.07) is 115. The maximum atomic E-state index is 14.1. The van der Waals surface area contributed by atoms with Gasteiger partial charge in [0, 0.05) is 88.3 Å². The van der Waals surface area contributed by atoms with Gasteiger partial charge in [0.1, 0.15) is 5.82 Å². The first-order valence-electron chi connectivity index (χ1n) is 35.4. The fourth-order valence-electron chi connectivity index (χ4n) is 16.4. The molecule has 12 heteroatoms. The molecule has 0 radical (unpaired) electrons. The molecular formula is C94H58N10O2. The van der Waals surface area contributed by atoms with Gasteiger partial charge >= 0.3 is 0 Å². The molecule has 0 saturated carbocycles. The Kier molecular flexibility index (Phi) is 13.6. The Hall–Kier alpha value is -14.6. The molecule has 0 saturated heterocycles. The molecule has 12 nitrogen and oxygen atoms in total. The lowest BCUT2D eigenvalue weighted by molar-refractivity contribution is 0.921. The summed E-state index contributed by atoms with van der Waals surface area (Å²) in [4.78, 5) is 47.6. The predicted molar refractivity (Wildman–Crippen MR) is 434 cm³/mol. The molecule has 0 aliphatic carbocycles. The molecule has 22 rings (SSSR count). The van der Waals surface area contributed by atoms with Crippen LogP contribution in [-0.4, -0.2) is 47.3 Å². The Balaban J connectivity index is 0.000000136. The maximum absolute atomic E-state index is 14.1. The van der Waals surface area contributed by atoms with Gasteiger partial charge in [0.15, 0.2) is 0 Å². The Morgan fingerprint density at radius 3 is 0.877 bits per heavy atom. The zero-order valence-electron chi connectivity index (χ0n) is 56.8. The number of hydrogen-bond acceptors (Lipinski definition) is 6. The summed E-state index contributed by atoms with van der Waals surface area (Å²) in [7, 11) is 0. The first-order chi connectivity index (χ1) is 52.5. The zero-order valence-corrected chi connectivity index (χ0v) is 56.8. The summed E-state index contributed by atoms with van der Waals surface area (Å²) >= 11 is 0. The van der Waals surface area contributed by atoms with Gasteiger partial charge < -0.3 is 9.13 Å². The molecule has 0 N–H and O–H groups in total. The molecular weight excluding hydrogens is 1300 g/mol. The van der Waals surface area contributed by atoms with Crippen molar-refractivity contribution in [3.63, 3.8) is 0 Å². The van der Waals surface area contributed by atoms with Crippen LogP contribution in [0.3, 0.4) is 0 Å². The average Bonchev–Trinajstić information content (AvgIpc) is 1.47. The van der Waals surface area contributed by atoms with E-state index in [1.807, 2.05) is 103 Å². The summed E-state index contributed by atoms with van der Waals surface area (Å²) in [6.45, 7) is 0. The average molecular weight is 1360 g/mol. The number of pyridine rings is 2. The molecule has 22 aromatic rings. The third kappa shape index (κ3) is 9.34. The third-order valence-electron chi connectivity index (χ3n) is 21.1. The van der Waals surface area contributed by atoms with Crippen LogP contribution < -0.4 is 11.1 Å². The van der Waals surface area contributed by atoms with Crippen molar-refractivity contribution < 1.29 is 0 Å². The summed E-state index contributed by atoms with van der Waals surface area (Å²) in [5, 5.41) is 14.5. The van der Waals surface area contributed by atoms with Gasteiger partial charge in [-0.2, -0.15) is 4.98 Å². The van der Waals surface area contributed by atoms with E-state index in [0.717, 1.165) is 110 Å². The van der Waals surface area contributed by atoms with Crippen LogP contribution in [0.4, 0.5) is 0 Å². The predicted octanol–water partition coefficient (Wildman–Crippen LogP) is 21.6. The van der Waals surface area contributed by atoms with Gasteiger partial charge in [-0.3, -0.25) is 27.9 Å². The van der Waals surface area contributed by atoms with E-state index in [4.69, 9.17) is 19.9 Å². The number of fused-ring (bicyclic) bond motifs is 18. The van der Waals surface area contributed by atoms with E-state index >= 15 is 0 Å². The van der Waals surface area contributed by atoms with E-state index in [9.17, 15) is 9.59 Å². The van der Waals surface area contributed by atoms with E-state index in [1.54, 1.807) is 27.7 Å². The monoisotopic (exact) mass is 1360 g/mol. The van der Waals surface area contributed by atoms with Gasteiger partial charge in [0.25, 0.3) is 11.1 Å². The lowest BCUT2D eigenvalue weighted by atomic mass is 10.0. The van der Waals surface area contributed by atoms with E-state index in [0.29, 0.717) is 34.2 Å². The number of hydrogen-bond donors (Lipinski definition) is 0. The van der Waals surface area contributed by atoms with Crippen LogP contribution in [0.15, 0.2) is 362 Å². The van der Waals surface area contributed by atoms with Crippen molar-refractivity contribution >= 4 is 131 Å². The van der Waals surface area contributed by atoms with Gasteiger partial charge in [-0.15, -0.1) is 0 Å². The second-order valence-electron chi connectivity index (χ2n) is 26.9. The molecule has 0 atom stereocenters. The minimum Gasteiger partial charge on any atom is -0.309 e. The van der Waals surface area contributed by atoms with Crippen LogP contribution in [0.5, 0.6) is 0 Å². The standard InChI is InChI=1S/2C47H29N5O/c53-46-37-18-5-4-14-33(37)34-15-6-11-21-42(34)52(46)45-26-27-48-47(49-45)51-41-20-10-8-17-36(41)39-29-31(23-25-44(39)51)30-22-24-43-38(28-30)35-16-7-9-19-40(35)50(43)32-12-2-1-3-13-32;53-46-38-18-5-4-14-34(38)35-15-6-10-20-42(35)51(46)33-28-48-47(49-29-33)52-43-21-11-8-17-37(43)40-27-31(23-25-45(40)52)30-22-24-44-39(26-30)36-16-7-9-19-41(36)50(44)32-12-2-1-3-13-32/h2*1-29H. The molecule has 0 bridgehead atoms. The smallest absolute Gasteiger partial charge is 0.264 e. The Morgan fingerprint density at radius 2 is 0.481 bits per heavy atom. The van der Waals surface area contributed by atoms with Crippen LogP contribution in [-0.2, 0) is 0 Å². The molecule has 8 heterocycles. The highest BCUT2D eigenvalue weighted by Crippen LogP contribution is 2.41. The second-order valence-corrected chi connectivity index (χ2v) is 26.9. The fraction of sp³-hybridized carbons (Fsp3) is 0. The lowest BCUT2D eigenvalue weighted by Crippen LogP contribution is -2.21. The number of benzene rings is 14. The molecule has 0 amide bonds. The van der Waals surface area contributed by atoms with Crippen LogP contribution in [0, 0.1) is 0 Å². The van der Waals surface area contributed by atoms with Crippen molar-refractivity contribution in [1.82, 2.24) is 47.3 Å². The Bertz CT molecular complexity index is 7510. The topological polar surface area (TPSA) is 115 Å². The summed E-state index contributed by atoms with van der Waals surface area (Å²) in [6.07, 6.45) is 5.24. The number of aromatic nitrogens is 10. The van der Waals surface area contributed by atoms with Crippen molar-refractivity contribution in [1.29, 1.82) is 0 Å². The van der Waals surface area contributed by atoms with Gasteiger partial charge in [0.05, 0.1) is 73.2 Å². The third-order valence-corrected chi connectivity index (χ3v) is 21.1. The molecule has 0 aliphatic heterocycles.